The van der Waals surface area contributed by atoms with Crippen molar-refractivity contribution in [3.63, 3.8) is 0 Å². The maximum atomic E-state index is 12.6. The van der Waals surface area contributed by atoms with Gasteiger partial charge in [-0.25, -0.2) is 8.42 Å². The van der Waals surface area contributed by atoms with E-state index in [4.69, 9.17) is 11.6 Å². The monoisotopic (exact) mass is 471 g/mol. The summed E-state index contributed by atoms with van der Waals surface area (Å²) in [5.74, 6) is -0.473. The summed E-state index contributed by atoms with van der Waals surface area (Å²) in [5, 5.41) is 13.9. The molecule has 0 bridgehead atoms. The molecule has 0 unspecified atom stereocenters. The van der Waals surface area contributed by atoms with Crippen molar-refractivity contribution in [2.45, 2.75) is 11.8 Å². The standard InChI is InChI=1S/C22H18ClN3O5S/c1-15-5-7-18(14-21(15)23)25-32(30,31)20-10-8-17(9-11-20)24-22(27)12-6-16-3-2-4-19(13-16)26(28)29/h2-14,25H,1H3,(H,24,27)/b12-6+. The van der Waals surface area contributed by atoms with Crippen LogP contribution in [0.4, 0.5) is 17.1 Å². The number of aryl methyl sites for hydroxylation is 1. The highest BCUT2D eigenvalue weighted by atomic mass is 35.5. The van der Waals surface area contributed by atoms with Gasteiger partial charge in [-0.15, -0.1) is 0 Å². The number of non-ortho nitro benzene ring substituents is 1. The highest BCUT2D eigenvalue weighted by Crippen LogP contribution is 2.23. The fourth-order valence-corrected chi connectivity index (χ4v) is 3.92. The average molecular weight is 472 g/mol. The van der Waals surface area contributed by atoms with Crippen molar-refractivity contribution in [2.24, 2.45) is 0 Å². The third kappa shape index (κ3) is 5.93. The number of carbonyl (C=O) groups is 1. The number of amides is 1. The number of hydrogen-bond donors (Lipinski definition) is 2. The van der Waals surface area contributed by atoms with E-state index >= 15 is 0 Å². The number of hydrogen-bond acceptors (Lipinski definition) is 5. The van der Waals surface area contributed by atoms with Crippen molar-refractivity contribution >= 4 is 50.7 Å². The molecule has 0 saturated carbocycles. The Morgan fingerprint density at radius 3 is 2.38 bits per heavy atom. The zero-order valence-electron chi connectivity index (χ0n) is 16.8. The average Bonchev–Trinajstić information content (AvgIpc) is 2.75. The molecule has 0 fully saturated rings. The molecule has 0 radical (unpaired) electrons. The number of benzene rings is 3. The maximum Gasteiger partial charge on any atom is 0.270 e. The molecule has 0 aliphatic rings. The molecule has 0 aliphatic carbocycles. The van der Waals surface area contributed by atoms with Crippen LogP contribution in [0, 0.1) is 17.0 Å². The maximum absolute atomic E-state index is 12.6. The second-order valence-corrected chi connectivity index (χ2v) is 8.86. The lowest BCUT2D eigenvalue weighted by Crippen LogP contribution is -2.13. The topological polar surface area (TPSA) is 118 Å². The van der Waals surface area contributed by atoms with Crippen LogP contribution in [0.2, 0.25) is 5.02 Å². The van der Waals surface area contributed by atoms with E-state index in [1.807, 2.05) is 6.92 Å². The molecule has 0 atom stereocenters. The fraction of sp³-hybridized carbons (Fsp3) is 0.0455. The third-order valence-corrected chi connectivity index (χ3v) is 6.17. The molecule has 3 rings (SSSR count). The zero-order valence-corrected chi connectivity index (χ0v) is 18.4. The van der Waals surface area contributed by atoms with E-state index < -0.39 is 20.9 Å². The molecule has 0 heterocycles. The Bertz CT molecular complexity index is 1310. The van der Waals surface area contributed by atoms with Crippen LogP contribution in [0.5, 0.6) is 0 Å². The molecule has 0 aromatic heterocycles. The summed E-state index contributed by atoms with van der Waals surface area (Å²) < 4.78 is 27.6. The van der Waals surface area contributed by atoms with E-state index in [0.717, 1.165) is 5.56 Å². The molecule has 164 valence electrons. The molecule has 3 aromatic rings. The summed E-state index contributed by atoms with van der Waals surface area (Å²) in [6.07, 6.45) is 2.67. The summed E-state index contributed by atoms with van der Waals surface area (Å²) in [7, 11) is -3.84. The van der Waals surface area contributed by atoms with Gasteiger partial charge in [-0.1, -0.05) is 29.8 Å². The van der Waals surface area contributed by atoms with Gasteiger partial charge in [-0.05, 0) is 60.5 Å². The van der Waals surface area contributed by atoms with Crippen molar-refractivity contribution in [1.29, 1.82) is 0 Å². The van der Waals surface area contributed by atoms with Crippen LogP contribution in [0.15, 0.2) is 77.7 Å². The molecular weight excluding hydrogens is 454 g/mol. The quantitative estimate of drug-likeness (QED) is 0.285. The van der Waals surface area contributed by atoms with Crippen molar-refractivity contribution in [2.75, 3.05) is 10.0 Å². The highest BCUT2D eigenvalue weighted by Gasteiger charge is 2.15. The zero-order chi connectivity index (χ0) is 23.3. The molecule has 10 heteroatoms. The SMILES string of the molecule is Cc1ccc(NS(=O)(=O)c2ccc(NC(=O)/C=C/c3cccc([N+](=O)[O-])c3)cc2)cc1Cl. The van der Waals surface area contributed by atoms with Crippen LogP contribution >= 0.6 is 11.6 Å². The smallest absolute Gasteiger partial charge is 0.270 e. The van der Waals surface area contributed by atoms with Gasteiger partial charge in [0.1, 0.15) is 0 Å². The van der Waals surface area contributed by atoms with Gasteiger partial charge in [0.15, 0.2) is 0 Å². The molecule has 0 spiro atoms. The predicted octanol–water partition coefficient (Wildman–Crippen LogP) is 5.01. The first kappa shape index (κ1) is 23.0. The summed E-state index contributed by atoms with van der Waals surface area (Å²) >= 11 is 6.03. The van der Waals surface area contributed by atoms with E-state index in [0.29, 0.717) is 22.0 Å². The molecular formula is C22H18ClN3O5S. The molecule has 2 N–H and O–H groups in total. The molecule has 1 amide bonds. The van der Waals surface area contributed by atoms with Crippen LogP contribution in [0.3, 0.4) is 0 Å². The lowest BCUT2D eigenvalue weighted by Gasteiger charge is -2.10. The second-order valence-electron chi connectivity index (χ2n) is 6.77. The van der Waals surface area contributed by atoms with E-state index in [9.17, 15) is 23.3 Å². The first-order valence-corrected chi connectivity index (χ1v) is 11.1. The number of nitro groups is 1. The largest absolute Gasteiger partial charge is 0.323 e. The first-order valence-electron chi connectivity index (χ1n) is 9.26. The van der Waals surface area contributed by atoms with Crippen LogP contribution in [0.25, 0.3) is 6.08 Å². The van der Waals surface area contributed by atoms with E-state index in [1.54, 1.807) is 18.2 Å². The van der Waals surface area contributed by atoms with Gasteiger partial charge < -0.3 is 5.32 Å². The number of nitrogens with zero attached hydrogens (tertiary/aromatic N) is 1. The third-order valence-electron chi connectivity index (χ3n) is 4.36. The molecule has 3 aromatic carbocycles. The Morgan fingerprint density at radius 1 is 1.03 bits per heavy atom. The van der Waals surface area contributed by atoms with Crippen molar-refractivity contribution in [1.82, 2.24) is 0 Å². The normalized spacial score (nSPS) is 11.3. The minimum atomic E-state index is -3.84. The Hall–Kier alpha value is -3.69. The summed E-state index contributed by atoms with van der Waals surface area (Å²) in [4.78, 5) is 22.4. The lowest BCUT2D eigenvalue weighted by atomic mass is 10.2. The number of anilines is 2. The van der Waals surface area contributed by atoms with E-state index in [2.05, 4.69) is 10.0 Å². The Kier molecular flexibility index (Phi) is 6.92. The van der Waals surface area contributed by atoms with Gasteiger partial charge in [0.2, 0.25) is 5.91 Å². The van der Waals surface area contributed by atoms with Crippen molar-refractivity contribution < 1.29 is 18.1 Å². The number of halogens is 1. The fourth-order valence-electron chi connectivity index (χ4n) is 2.69. The summed E-state index contributed by atoms with van der Waals surface area (Å²) in [6, 6.07) is 16.3. The van der Waals surface area contributed by atoms with Crippen LogP contribution in [0.1, 0.15) is 11.1 Å². The molecule has 32 heavy (non-hydrogen) atoms. The van der Waals surface area contributed by atoms with Crippen LogP contribution < -0.4 is 10.0 Å². The van der Waals surface area contributed by atoms with Crippen LogP contribution in [-0.2, 0) is 14.8 Å². The number of carbonyl (C=O) groups excluding carboxylic acids is 1. The second kappa shape index (κ2) is 9.63. The Balaban J connectivity index is 1.65. The van der Waals surface area contributed by atoms with Gasteiger partial charge in [-0.3, -0.25) is 19.6 Å². The number of nitro benzene ring substituents is 1. The van der Waals surface area contributed by atoms with Gasteiger partial charge in [0.25, 0.3) is 15.7 Å². The van der Waals surface area contributed by atoms with E-state index in [-0.39, 0.29) is 10.6 Å². The number of rotatable bonds is 7. The molecule has 8 nitrogen and oxygen atoms in total. The summed E-state index contributed by atoms with van der Waals surface area (Å²) in [6.45, 7) is 1.81. The minimum Gasteiger partial charge on any atom is -0.323 e. The van der Waals surface area contributed by atoms with Crippen molar-refractivity contribution in [3.05, 3.63) is 99.1 Å². The number of nitrogens with one attached hydrogen (secondary N) is 2. The minimum absolute atomic E-state index is 0.0133. The van der Waals surface area contributed by atoms with Crippen molar-refractivity contribution in [3.8, 4) is 0 Å². The first-order chi connectivity index (χ1) is 15.1. The molecule has 0 aliphatic heterocycles. The van der Waals surface area contributed by atoms with Crippen LogP contribution in [-0.4, -0.2) is 19.2 Å². The summed E-state index contributed by atoms with van der Waals surface area (Å²) in [5.41, 5.74) is 1.97. The van der Waals surface area contributed by atoms with E-state index in [1.165, 1.54) is 60.7 Å². The Labute approximate surface area is 189 Å². The lowest BCUT2D eigenvalue weighted by molar-refractivity contribution is -0.384. The number of sulfonamides is 1. The van der Waals surface area contributed by atoms with Gasteiger partial charge in [0, 0.05) is 28.9 Å². The van der Waals surface area contributed by atoms with Gasteiger partial charge in [-0.2, -0.15) is 0 Å². The van der Waals surface area contributed by atoms with Gasteiger partial charge >= 0.3 is 0 Å². The Morgan fingerprint density at radius 2 is 1.72 bits per heavy atom. The highest BCUT2D eigenvalue weighted by molar-refractivity contribution is 7.92. The predicted molar refractivity (Wildman–Crippen MR) is 124 cm³/mol. The molecule has 0 saturated heterocycles. The van der Waals surface area contributed by atoms with Gasteiger partial charge in [0.05, 0.1) is 15.5 Å².